The highest BCUT2D eigenvalue weighted by Crippen LogP contribution is 2.24. The third kappa shape index (κ3) is 3.72. The number of benzene rings is 1. The highest BCUT2D eigenvalue weighted by molar-refractivity contribution is 5.89. The number of hydrogen-bond acceptors (Lipinski definition) is 4. The van der Waals surface area contributed by atoms with Crippen molar-refractivity contribution < 1.29 is 9.59 Å². The van der Waals surface area contributed by atoms with Gasteiger partial charge in [0.15, 0.2) is 0 Å². The predicted octanol–water partition coefficient (Wildman–Crippen LogP) is 1.54. The summed E-state index contributed by atoms with van der Waals surface area (Å²) < 4.78 is 0. The average molecular weight is 365 g/mol. The van der Waals surface area contributed by atoms with Crippen LogP contribution in [0.1, 0.15) is 18.0 Å². The van der Waals surface area contributed by atoms with Crippen molar-refractivity contribution in [2.45, 2.75) is 18.5 Å². The Bertz CT molecular complexity index is 799. The fourth-order valence-corrected chi connectivity index (χ4v) is 3.74. The van der Waals surface area contributed by atoms with Crippen LogP contribution in [0.25, 0.3) is 0 Å². The van der Waals surface area contributed by atoms with Gasteiger partial charge in [-0.1, -0.05) is 36.4 Å². The van der Waals surface area contributed by atoms with Gasteiger partial charge in [0, 0.05) is 38.4 Å². The molecule has 2 N–H and O–H groups in total. The first-order valence-corrected chi connectivity index (χ1v) is 9.28. The minimum atomic E-state index is -0.590. The molecule has 140 valence electrons. The summed E-state index contributed by atoms with van der Waals surface area (Å²) in [7, 11) is 0. The molecule has 0 aliphatic carbocycles. The summed E-state index contributed by atoms with van der Waals surface area (Å²) in [6, 6.07) is 14.5. The van der Waals surface area contributed by atoms with Gasteiger partial charge in [0.25, 0.3) is 0 Å². The van der Waals surface area contributed by atoms with Crippen molar-refractivity contribution in [2.75, 3.05) is 31.1 Å². The molecule has 2 aliphatic rings. The summed E-state index contributed by atoms with van der Waals surface area (Å²) in [5, 5.41) is 5.97. The van der Waals surface area contributed by atoms with Gasteiger partial charge >= 0.3 is 6.03 Å². The second-order valence-electron chi connectivity index (χ2n) is 6.87. The van der Waals surface area contributed by atoms with Crippen LogP contribution in [0.5, 0.6) is 0 Å². The number of urea groups is 1. The Morgan fingerprint density at radius 2 is 1.93 bits per heavy atom. The minimum absolute atomic E-state index is 0.0425. The largest absolute Gasteiger partial charge is 0.354 e. The van der Waals surface area contributed by atoms with E-state index in [4.69, 9.17) is 0 Å². The van der Waals surface area contributed by atoms with Crippen molar-refractivity contribution in [1.29, 1.82) is 0 Å². The van der Waals surface area contributed by atoms with Crippen LogP contribution in [0, 0.1) is 0 Å². The number of amides is 3. The topological polar surface area (TPSA) is 77.6 Å². The lowest BCUT2D eigenvalue weighted by Gasteiger charge is -2.36. The molecule has 7 nitrogen and oxygen atoms in total. The summed E-state index contributed by atoms with van der Waals surface area (Å²) in [5.74, 6) is 0.790. The molecule has 3 heterocycles. The number of aromatic nitrogens is 1. The van der Waals surface area contributed by atoms with E-state index >= 15 is 0 Å². The van der Waals surface area contributed by atoms with E-state index in [1.807, 2.05) is 48.5 Å². The maximum Gasteiger partial charge on any atom is 0.318 e. The lowest BCUT2D eigenvalue weighted by molar-refractivity contribution is -0.127. The van der Waals surface area contributed by atoms with Gasteiger partial charge in [-0.2, -0.15) is 0 Å². The summed E-state index contributed by atoms with van der Waals surface area (Å²) in [6.45, 7) is 2.54. The number of piperazine rings is 1. The predicted molar refractivity (Wildman–Crippen MR) is 102 cm³/mol. The summed E-state index contributed by atoms with van der Waals surface area (Å²) in [5.41, 5.74) is 0.825. The van der Waals surface area contributed by atoms with E-state index in [0.29, 0.717) is 13.1 Å². The lowest BCUT2D eigenvalue weighted by Crippen LogP contribution is -2.56. The molecular formula is C20H23N5O2. The molecular weight excluding hydrogens is 342 g/mol. The summed E-state index contributed by atoms with van der Waals surface area (Å²) >= 11 is 0. The zero-order valence-electron chi connectivity index (χ0n) is 15.0. The third-order valence-corrected chi connectivity index (χ3v) is 5.08. The van der Waals surface area contributed by atoms with Gasteiger partial charge in [-0.15, -0.1) is 0 Å². The molecule has 0 bridgehead atoms. The van der Waals surface area contributed by atoms with Crippen molar-refractivity contribution >= 4 is 17.8 Å². The van der Waals surface area contributed by atoms with Crippen LogP contribution in [-0.2, 0) is 4.79 Å². The second kappa shape index (κ2) is 7.65. The standard InChI is InChI=1S/C20H23N5O2/c26-19-18(15-6-2-1-3-7-15)25(13-11-22-19)20(27)23-16-9-12-24(14-16)17-8-4-5-10-21-17/h1-8,10,16,18H,9,11-14H2,(H,22,26)(H,23,27). The minimum Gasteiger partial charge on any atom is -0.354 e. The Labute approximate surface area is 158 Å². The number of hydrogen-bond donors (Lipinski definition) is 2. The molecule has 2 saturated heterocycles. The van der Waals surface area contributed by atoms with Gasteiger partial charge in [-0.3, -0.25) is 4.79 Å². The van der Waals surface area contributed by atoms with Gasteiger partial charge in [-0.05, 0) is 24.1 Å². The molecule has 1 aromatic heterocycles. The van der Waals surface area contributed by atoms with Crippen LogP contribution in [0.2, 0.25) is 0 Å². The maximum atomic E-state index is 12.9. The Kier molecular flexibility index (Phi) is 4.91. The molecule has 2 atom stereocenters. The van der Waals surface area contributed by atoms with Crippen molar-refractivity contribution in [3.8, 4) is 0 Å². The normalized spacial score (nSPS) is 22.4. The van der Waals surface area contributed by atoms with Gasteiger partial charge < -0.3 is 20.4 Å². The molecule has 7 heteroatoms. The van der Waals surface area contributed by atoms with Crippen molar-refractivity contribution in [3.63, 3.8) is 0 Å². The van der Waals surface area contributed by atoms with Crippen LogP contribution in [0.4, 0.5) is 10.6 Å². The quantitative estimate of drug-likeness (QED) is 0.865. The van der Waals surface area contributed by atoms with Crippen molar-refractivity contribution in [1.82, 2.24) is 20.5 Å². The summed E-state index contributed by atoms with van der Waals surface area (Å²) in [6.07, 6.45) is 2.64. The van der Waals surface area contributed by atoms with Crippen LogP contribution in [0.15, 0.2) is 54.7 Å². The molecule has 2 aliphatic heterocycles. The van der Waals surface area contributed by atoms with E-state index in [2.05, 4.69) is 20.5 Å². The van der Waals surface area contributed by atoms with Crippen molar-refractivity contribution in [3.05, 3.63) is 60.3 Å². The highest BCUT2D eigenvalue weighted by Gasteiger charge is 2.35. The Morgan fingerprint density at radius 1 is 1.11 bits per heavy atom. The maximum absolute atomic E-state index is 12.9. The second-order valence-corrected chi connectivity index (χ2v) is 6.87. The molecule has 4 rings (SSSR count). The average Bonchev–Trinajstić information content (AvgIpc) is 3.17. The highest BCUT2D eigenvalue weighted by atomic mass is 16.2. The third-order valence-electron chi connectivity index (χ3n) is 5.08. The monoisotopic (exact) mass is 365 g/mol. The van der Waals surface area contributed by atoms with E-state index in [1.165, 1.54) is 0 Å². The number of pyridine rings is 1. The molecule has 2 aromatic rings. The number of carbonyl (C=O) groups excluding carboxylic acids is 2. The smallest absolute Gasteiger partial charge is 0.318 e. The van der Waals surface area contributed by atoms with E-state index in [9.17, 15) is 9.59 Å². The number of anilines is 1. The van der Waals surface area contributed by atoms with Crippen LogP contribution in [0.3, 0.4) is 0 Å². The van der Waals surface area contributed by atoms with Crippen LogP contribution in [-0.4, -0.2) is 54.0 Å². The van der Waals surface area contributed by atoms with E-state index in [1.54, 1.807) is 11.1 Å². The number of nitrogens with zero attached hydrogens (tertiary/aromatic N) is 3. The van der Waals surface area contributed by atoms with Crippen LogP contribution < -0.4 is 15.5 Å². The number of rotatable bonds is 3. The van der Waals surface area contributed by atoms with Gasteiger partial charge in [0.2, 0.25) is 5.91 Å². The molecule has 2 unspecified atom stereocenters. The van der Waals surface area contributed by atoms with Gasteiger partial charge in [-0.25, -0.2) is 9.78 Å². The Morgan fingerprint density at radius 3 is 2.70 bits per heavy atom. The number of carbonyl (C=O) groups is 2. The van der Waals surface area contributed by atoms with E-state index < -0.39 is 6.04 Å². The molecule has 1 aromatic carbocycles. The first kappa shape index (κ1) is 17.3. The molecule has 3 amide bonds. The van der Waals surface area contributed by atoms with E-state index in [0.717, 1.165) is 30.9 Å². The SMILES string of the molecule is O=C1NCCN(C(=O)NC2CCN(c3ccccn3)C2)C1c1ccccc1. The molecule has 2 fully saturated rings. The molecule has 27 heavy (non-hydrogen) atoms. The zero-order valence-corrected chi connectivity index (χ0v) is 15.0. The zero-order chi connectivity index (χ0) is 18.6. The molecule has 0 saturated carbocycles. The fraction of sp³-hybridized carbons (Fsp3) is 0.350. The lowest BCUT2D eigenvalue weighted by atomic mass is 10.0. The Hall–Kier alpha value is -3.09. The van der Waals surface area contributed by atoms with E-state index in [-0.39, 0.29) is 18.0 Å². The van der Waals surface area contributed by atoms with Crippen molar-refractivity contribution in [2.24, 2.45) is 0 Å². The molecule has 0 radical (unpaired) electrons. The fourth-order valence-electron chi connectivity index (χ4n) is 3.74. The first-order valence-electron chi connectivity index (χ1n) is 9.28. The van der Waals surface area contributed by atoms with Gasteiger partial charge in [0.05, 0.1) is 0 Å². The summed E-state index contributed by atoms with van der Waals surface area (Å²) in [4.78, 5) is 33.5. The van der Waals surface area contributed by atoms with Gasteiger partial charge in [0.1, 0.15) is 11.9 Å². The van der Waals surface area contributed by atoms with Crippen LogP contribution >= 0.6 is 0 Å². The number of nitrogens with one attached hydrogen (secondary N) is 2. The molecule has 0 spiro atoms. The Balaban J connectivity index is 1.43. The first-order chi connectivity index (χ1) is 13.2.